The molecule has 1 nitrogen and oxygen atoms in total. The monoisotopic (exact) mass is 336 g/mol. The van der Waals surface area contributed by atoms with Crippen molar-refractivity contribution in [1.29, 1.82) is 0 Å². The van der Waals surface area contributed by atoms with Gasteiger partial charge in [0, 0.05) is 5.88 Å². The second-order valence-electron chi connectivity index (χ2n) is 4.06. The Labute approximate surface area is 130 Å². The van der Waals surface area contributed by atoms with Crippen molar-refractivity contribution >= 4 is 34.8 Å². The van der Waals surface area contributed by atoms with Crippen LogP contribution in [-0.2, 0) is 12.5 Å². The molecule has 0 aliphatic rings. The third kappa shape index (κ3) is 3.54. The number of benzene rings is 2. The molecule has 106 valence electrons. The van der Waals surface area contributed by atoms with E-state index in [0.29, 0.717) is 21.2 Å². The van der Waals surface area contributed by atoms with Crippen LogP contribution in [0.5, 0.6) is 5.75 Å². The molecule has 2 aromatic rings. The summed E-state index contributed by atoms with van der Waals surface area (Å²) in [4.78, 5) is 0. The highest BCUT2D eigenvalue weighted by Gasteiger charge is 2.13. The van der Waals surface area contributed by atoms with Crippen molar-refractivity contribution in [1.82, 2.24) is 0 Å². The molecule has 0 spiro atoms. The lowest BCUT2D eigenvalue weighted by atomic mass is 10.2. The van der Waals surface area contributed by atoms with Crippen LogP contribution in [0.25, 0.3) is 0 Å². The van der Waals surface area contributed by atoms with Crippen LogP contribution in [0, 0.1) is 11.6 Å². The molecule has 2 rings (SSSR count). The lowest BCUT2D eigenvalue weighted by Crippen LogP contribution is -2.01. The molecule has 0 fully saturated rings. The zero-order valence-corrected chi connectivity index (χ0v) is 12.4. The second-order valence-corrected chi connectivity index (χ2v) is 5.14. The van der Waals surface area contributed by atoms with Crippen LogP contribution in [0.3, 0.4) is 0 Å². The smallest absolute Gasteiger partial charge is 0.191 e. The Bertz CT molecular complexity index is 609. The van der Waals surface area contributed by atoms with Gasteiger partial charge in [0.25, 0.3) is 0 Å². The maximum absolute atomic E-state index is 13.7. The fraction of sp³-hybridized carbons (Fsp3) is 0.143. The summed E-state index contributed by atoms with van der Waals surface area (Å²) in [7, 11) is 0. The molecule has 0 heterocycles. The molecule has 0 bridgehead atoms. The molecule has 0 unspecified atom stereocenters. The van der Waals surface area contributed by atoms with E-state index < -0.39 is 17.4 Å². The van der Waals surface area contributed by atoms with Crippen LogP contribution < -0.4 is 4.74 Å². The van der Waals surface area contributed by atoms with E-state index in [4.69, 9.17) is 39.5 Å². The van der Waals surface area contributed by atoms with Crippen molar-refractivity contribution in [3.05, 3.63) is 63.1 Å². The van der Waals surface area contributed by atoms with Gasteiger partial charge in [0.1, 0.15) is 6.61 Å². The fourth-order valence-electron chi connectivity index (χ4n) is 1.61. The van der Waals surface area contributed by atoms with Gasteiger partial charge in [-0.05, 0) is 35.4 Å². The van der Waals surface area contributed by atoms with Gasteiger partial charge in [0.05, 0.1) is 10.0 Å². The molecule has 2 aromatic carbocycles. The minimum absolute atomic E-state index is 0.0229. The first-order chi connectivity index (χ1) is 9.51. The molecule has 6 heteroatoms. The third-order valence-corrected chi connectivity index (χ3v) is 3.63. The van der Waals surface area contributed by atoms with Gasteiger partial charge in [-0.25, -0.2) is 8.78 Å². The first-order valence-electron chi connectivity index (χ1n) is 5.62. The van der Waals surface area contributed by atoms with E-state index in [-0.39, 0.29) is 12.5 Å². The lowest BCUT2D eigenvalue weighted by molar-refractivity contribution is 0.274. The highest BCUT2D eigenvalue weighted by molar-refractivity contribution is 6.42. The summed E-state index contributed by atoms with van der Waals surface area (Å²) in [6, 6.07) is 7.11. The number of halogens is 5. The molecule has 0 saturated carbocycles. The van der Waals surface area contributed by atoms with Crippen LogP contribution in [0.4, 0.5) is 8.78 Å². The van der Waals surface area contributed by atoms with Crippen LogP contribution in [0.2, 0.25) is 10.0 Å². The largest absolute Gasteiger partial charge is 0.483 e. The van der Waals surface area contributed by atoms with Crippen molar-refractivity contribution < 1.29 is 13.5 Å². The summed E-state index contributed by atoms with van der Waals surface area (Å²) in [6.45, 7) is -0.0229. The van der Waals surface area contributed by atoms with Crippen molar-refractivity contribution in [2.45, 2.75) is 12.5 Å². The second kappa shape index (κ2) is 6.61. The molecule has 0 saturated heterocycles. The zero-order valence-electron chi connectivity index (χ0n) is 10.1. The van der Waals surface area contributed by atoms with E-state index in [9.17, 15) is 8.78 Å². The Kier molecular flexibility index (Phi) is 5.08. The van der Waals surface area contributed by atoms with Crippen molar-refractivity contribution in [3.63, 3.8) is 0 Å². The summed E-state index contributed by atoms with van der Waals surface area (Å²) in [6.07, 6.45) is 0. The summed E-state index contributed by atoms with van der Waals surface area (Å²) < 4.78 is 32.5. The van der Waals surface area contributed by atoms with E-state index in [1.54, 1.807) is 18.2 Å². The molecule has 0 radical (unpaired) electrons. The van der Waals surface area contributed by atoms with Gasteiger partial charge >= 0.3 is 0 Å². The first-order valence-corrected chi connectivity index (χ1v) is 6.91. The third-order valence-electron chi connectivity index (χ3n) is 2.58. The summed E-state index contributed by atoms with van der Waals surface area (Å²) in [5, 5.41) is 0.755. The van der Waals surface area contributed by atoms with Crippen molar-refractivity contribution in [2.24, 2.45) is 0 Å². The predicted molar refractivity (Wildman–Crippen MR) is 76.7 cm³/mol. The van der Waals surface area contributed by atoms with Crippen LogP contribution >= 0.6 is 34.8 Å². The van der Waals surface area contributed by atoms with Gasteiger partial charge < -0.3 is 4.74 Å². The zero-order chi connectivity index (χ0) is 14.7. The maximum Gasteiger partial charge on any atom is 0.191 e. The van der Waals surface area contributed by atoms with Gasteiger partial charge in [-0.2, -0.15) is 0 Å². The number of hydrogen-bond acceptors (Lipinski definition) is 1. The Balaban J connectivity index is 2.16. The maximum atomic E-state index is 13.7. The highest BCUT2D eigenvalue weighted by atomic mass is 35.5. The molecular weight excluding hydrogens is 329 g/mol. The van der Waals surface area contributed by atoms with Gasteiger partial charge in [-0.15, -0.1) is 11.6 Å². The summed E-state index contributed by atoms with van der Waals surface area (Å²) in [5.41, 5.74) is 1.00. The molecule has 0 aliphatic heterocycles. The Morgan fingerprint density at radius 3 is 2.10 bits per heavy atom. The molecule has 0 aliphatic carbocycles. The summed E-state index contributed by atoms with van der Waals surface area (Å²) in [5.74, 6) is -1.99. The van der Waals surface area contributed by atoms with Crippen molar-refractivity contribution in [3.8, 4) is 5.75 Å². The fourth-order valence-corrected chi connectivity index (χ4v) is 2.09. The molecule has 20 heavy (non-hydrogen) atoms. The minimum Gasteiger partial charge on any atom is -0.483 e. The van der Waals surface area contributed by atoms with Crippen LogP contribution in [0.1, 0.15) is 11.1 Å². The number of alkyl halides is 1. The van der Waals surface area contributed by atoms with Crippen LogP contribution in [-0.4, -0.2) is 0 Å². The average Bonchev–Trinajstić information content (AvgIpc) is 2.41. The molecule has 0 amide bonds. The quantitative estimate of drug-likeness (QED) is 0.661. The normalized spacial score (nSPS) is 10.7. The Morgan fingerprint density at radius 1 is 0.900 bits per heavy atom. The SMILES string of the molecule is Fc1cc(CCl)cc(F)c1OCc1ccc(Cl)c(Cl)c1. The van der Waals surface area contributed by atoms with E-state index in [1.807, 2.05) is 0 Å². The van der Waals surface area contributed by atoms with E-state index in [1.165, 1.54) is 0 Å². The minimum atomic E-state index is -0.791. The lowest BCUT2D eigenvalue weighted by Gasteiger charge is -2.10. The Hall–Kier alpha value is -1.03. The molecule has 0 atom stereocenters. The van der Waals surface area contributed by atoms with Crippen LogP contribution in [0.15, 0.2) is 30.3 Å². The number of rotatable bonds is 4. The van der Waals surface area contributed by atoms with Gasteiger partial charge in [-0.3, -0.25) is 0 Å². The first kappa shape index (κ1) is 15.4. The highest BCUT2D eigenvalue weighted by Crippen LogP contribution is 2.27. The topological polar surface area (TPSA) is 9.23 Å². The Morgan fingerprint density at radius 2 is 1.55 bits per heavy atom. The number of hydrogen-bond donors (Lipinski definition) is 0. The van der Waals surface area contributed by atoms with E-state index in [0.717, 1.165) is 12.1 Å². The molecular formula is C14H9Cl3F2O. The van der Waals surface area contributed by atoms with E-state index >= 15 is 0 Å². The standard InChI is InChI=1S/C14H9Cl3F2O/c15-6-9-4-12(18)14(13(19)5-9)20-7-8-1-2-10(16)11(17)3-8/h1-5H,6-7H2. The van der Waals surface area contributed by atoms with Gasteiger partial charge in [0.2, 0.25) is 0 Å². The van der Waals surface area contributed by atoms with Gasteiger partial charge in [-0.1, -0.05) is 29.3 Å². The molecule has 0 N–H and O–H groups in total. The van der Waals surface area contributed by atoms with E-state index in [2.05, 4.69) is 0 Å². The average molecular weight is 338 g/mol. The number of ether oxygens (including phenoxy) is 1. The van der Waals surface area contributed by atoms with Gasteiger partial charge in [0.15, 0.2) is 17.4 Å². The predicted octanol–water partition coefficient (Wildman–Crippen LogP) is 5.59. The molecule has 0 aromatic heterocycles. The summed E-state index contributed by atoms with van der Waals surface area (Å²) >= 11 is 17.2. The van der Waals surface area contributed by atoms with Crippen molar-refractivity contribution in [2.75, 3.05) is 0 Å².